The zero-order valence-corrected chi connectivity index (χ0v) is 15.5. The molecule has 0 aromatic carbocycles. The summed E-state index contributed by atoms with van der Waals surface area (Å²) in [6.07, 6.45) is 0.972. The van der Waals surface area contributed by atoms with Crippen molar-refractivity contribution < 1.29 is 19.1 Å². The van der Waals surface area contributed by atoms with Crippen LogP contribution in [0.25, 0.3) is 0 Å². The Kier molecular flexibility index (Phi) is 6.46. The molecule has 0 spiro atoms. The van der Waals surface area contributed by atoms with Crippen LogP contribution in [0.15, 0.2) is 0 Å². The Morgan fingerprint density at radius 2 is 1.04 bits per heavy atom. The van der Waals surface area contributed by atoms with Gasteiger partial charge in [-0.3, -0.25) is 0 Å². The molecule has 140 valence electrons. The summed E-state index contributed by atoms with van der Waals surface area (Å²) in [6.45, 7) is 11.0. The first-order valence-electron chi connectivity index (χ1n) is 8.27. The van der Waals surface area contributed by atoms with Crippen LogP contribution < -0.4 is 22.1 Å². The Morgan fingerprint density at radius 1 is 0.792 bits per heavy atom. The highest BCUT2D eigenvalue weighted by molar-refractivity contribution is 5.69. The smallest absolute Gasteiger partial charge is 0.407 e. The highest BCUT2D eigenvalue weighted by Gasteiger charge is 2.36. The summed E-state index contributed by atoms with van der Waals surface area (Å²) < 4.78 is 10.1. The zero-order valence-electron chi connectivity index (χ0n) is 15.5. The first-order chi connectivity index (χ1) is 10.8. The van der Waals surface area contributed by atoms with Crippen LogP contribution in [-0.4, -0.2) is 47.6 Å². The summed E-state index contributed by atoms with van der Waals surface area (Å²) in [5, 5.41) is 5.35. The van der Waals surface area contributed by atoms with Crippen molar-refractivity contribution in [2.75, 3.05) is 0 Å². The van der Waals surface area contributed by atoms with Crippen LogP contribution in [-0.2, 0) is 9.47 Å². The average Bonchev–Trinajstić information content (AvgIpc) is 3.17. The quantitative estimate of drug-likeness (QED) is 0.596. The molecule has 0 bridgehead atoms. The summed E-state index contributed by atoms with van der Waals surface area (Å²) in [5.41, 5.74) is 10.2. The maximum atomic E-state index is 11.1. The molecule has 2 aliphatic rings. The van der Waals surface area contributed by atoms with E-state index < -0.39 is 11.2 Å². The van der Waals surface area contributed by atoms with E-state index in [-0.39, 0.29) is 36.4 Å². The van der Waals surface area contributed by atoms with E-state index in [0.29, 0.717) is 0 Å². The summed E-state index contributed by atoms with van der Waals surface area (Å²) in [7, 11) is 0. The highest BCUT2D eigenvalue weighted by Crippen LogP contribution is 2.19. The summed E-state index contributed by atoms with van der Waals surface area (Å²) in [4.78, 5) is 22.1. The second-order valence-electron chi connectivity index (χ2n) is 8.30. The number of alkyl carbamates (subject to hydrolysis) is 2. The van der Waals surface area contributed by atoms with Gasteiger partial charge in [0.05, 0.1) is 0 Å². The van der Waals surface area contributed by atoms with Crippen molar-refractivity contribution in [3.8, 4) is 0 Å². The largest absolute Gasteiger partial charge is 0.444 e. The number of hydrogen-bond acceptors (Lipinski definition) is 6. The van der Waals surface area contributed by atoms with Gasteiger partial charge < -0.3 is 31.6 Å². The fourth-order valence-corrected chi connectivity index (χ4v) is 1.68. The van der Waals surface area contributed by atoms with Crippen LogP contribution in [0.3, 0.4) is 0 Å². The molecule has 0 aromatic rings. The lowest BCUT2D eigenvalue weighted by Gasteiger charge is -2.19. The number of nitrogens with one attached hydrogen (secondary N) is 2. The molecule has 0 heterocycles. The molecule has 0 aromatic heterocycles. The molecule has 6 N–H and O–H groups in total. The van der Waals surface area contributed by atoms with E-state index in [0.717, 1.165) is 12.8 Å². The molecule has 0 saturated heterocycles. The third-order valence-corrected chi connectivity index (χ3v) is 3.08. The fourth-order valence-electron chi connectivity index (χ4n) is 1.68. The Bertz CT molecular complexity index is 414. The number of carbonyl (C=O) groups is 2. The van der Waals surface area contributed by atoms with Crippen molar-refractivity contribution in [2.24, 2.45) is 11.5 Å². The van der Waals surface area contributed by atoms with E-state index in [2.05, 4.69) is 10.6 Å². The van der Waals surface area contributed by atoms with E-state index in [4.69, 9.17) is 20.9 Å². The second-order valence-corrected chi connectivity index (χ2v) is 8.30. The minimum atomic E-state index is -0.428. The van der Waals surface area contributed by atoms with Crippen molar-refractivity contribution in [3.63, 3.8) is 0 Å². The molecular weight excluding hydrogens is 312 g/mol. The van der Waals surface area contributed by atoms with Crippen LogP contribution >= 0.6 is 0 Å². The fraction of sp³-hybridized carbons (Fsp3) is 0.875. The molecule has 2 amide bonds. The van der Waals surface area contributed by atoms with Crippen molar-refractivity contribution in [1.29, 1.82) is 0 Å². The molecule has 0 unspecified atom stereocenters. The molecule has 2 aliphatic carbocycles. The van der Waals surface area contributed by atoms with Gasteiger partial charge in [0.2, 0.25) is 0 Å². The number of rotatable bonds is 2. The number of amides is 2. The standard InChI is InChI=1S/2C8H16N2O2/c2*1-8(2,3)12-7(11)10-6-4-5(6)9/h2*5-6H,4,9H2,1-3H3,(H,10,11)/t2*5-,6+/m10/s1. The molecule has 2 saturated carbocycles. The third kappa shape index (κ3) is 9.57. The van der Waals surface area contributed by atoms with Gasteiger partial charge in [-0.25, -0.2) is 9.59 Å². The Labute approximate surface area is 144 Å². The summed E-state index contributed by atoms with van der Waals surface area (Å²) >= 11 is 0. The van der Waals surface area contributed by atoms with Gasteiger partial charge in [-0.2, -0.15) is 0 Å². The van der Waals surface area contributed by atoms with Crippen molar-refractivity contribution in [1.82, 2.24) is 10.6 Å². The molecule has 0 aliphatic heterocycles. The molecular formula is C16H32N4O4. The lowest BCUT2D eigenvalue weighted by Crippen LogP contribution is -2.35. The van der Waals surface area contributed by atoms with Gasteiger partial charge in [-0.1, -0.05) is 0 Å². The van der Waals surface area contributed by atoms with E-state index in [9.17, 15) is 9.59 Å². The number of carbonyl (C=O) groups excluding carboxylic acids is 2. The maximum absolute atomic E-state index is 11.1. The third-order valence-electron chi connectivity index (χ3n) is 3.08. The van der Waals surface area contributed by atoms with E-state index in [1.54, 1.807) is 0 Å². The molecule has 0 radical (unpaired) electrons. The lowest BCUT2D eigenvalue weighted by atomic mass is 10.2. The van der Waals surface area contributed by atoms with E-state index in [1.807, 2.05) is 41.5 Å². The molecule has 8 nitrogen and oxygen atoms in total. The van der Waals surface area contributed by atoms with Crippen LogP contribution in [0.5, 0.6) is 0 Å². The predicted molar refractivity (Wildman–Crippen MR) is 91.5 cm³/mol. The van der Waals surface area contributed by atoms with Crippen LogP contribution in [0, 0.1) is 0 Å². The molecule has 2 rings (SSSR count). The Balaban J connectivity index is 0.000000240. The van der Waals surface area contributed by atoms with E-state index in [1.165, 1.54) is 0 Å². The SMILES string of the molecule is CC(C)(C)OC(=O)N[C@@H]1C[C@@H]1N.CC(C)(C)OC(=O)N[C@H]1C[C@H]1N. The van der Waals surface area contributed by atoms with E-state index >= 15 is 0 Å². The first kappa shape index (κ1) is 20.5. The average molecular weight is 344 g/mol. The van der Waals surface area contributed by atoms with Crippen molar-refractivity contribution in [2.45, 2.75) is 89.8 Å². The highest BCUT2D eigenvalue weighted by atomic mass is 16.6. The van der Waals surface area contributed by atoms with Gasteiger partial charge in [0.25, 0.3) is 0 Å². The molecule has 8 heteroatoms. The normalized spacial score (nSPS) is 28.0. The Hall–Kier alpha value is -1.54. The van der Waals surface area contributed by atoms with Crippen LogP contribution in [0.1, 0.15) is 54.4 Å². The minimum Gasteiger partial charge on any atom is -0.444 e. The van der Waals surface area contributed by atoms with Crippen molar-refractivity contribution in [3.05, 3.63) is 0 Å². The monoisotopic (exact) mass is 344 g/mol. The molecule has 4 atom stereocenters. The minimum absolute atomic E-state index is 0.123. The predicted octanol–water partition coefficient (Wildman–Crippen LogP) is 1.22. The number of hydrogen-bond donors (Lipinski definition) is 4. The Morgan fingerprint density at radius 3 is 1.21 bits per heavy atom. The van der Waals surface area contributed by atoms with Crippen LogP contribution in [0.4, 0.5) is 9.59 Å². The second kappa shape index (κ2) is 7.57. The summed E-state index contributed by atoms with van der Waals surface area (Å²) in [5.74, 6) is 0. The zero-order chi connectivity index (χ0) is 18.7. The topological polar surface area (TPSA) is 129 Å². The van der Waals surface area contributed by atoms with Gasteiger partial charge in [-0.05, 0) is 54.4 Å². The van der Waals surface area contributed by atoms with Crippen molar-refractivity contribution >= 4 is 12.2 Å². The summed E-state index contributed by atoms with van der Waals surface area (Å²) in [6, 6.07) is 0.495. The van der Waals surface area contributed by atoms with Crippen LogP contribution in [0.2, 0.25) is 0 Å². The van der Waals surface area contributed by atoms with Gasteiger partial charge in [0.15, 0.2) is 0 Å². The number of nitrogens with two attached hydrogens (primary N) is 2. The molecule has 2 fully saturated rings. The van der Waals surface area contributed by atoms with Gasteiger partial charge in [0.1, 0.15) is 11.2 Å². The first-order valence-corrected chi connectivity index (χ1v) is 8.27. The number of ether oxygens (including phenoxy) is 2. The van der Waals surface area contributed by atoms with Gasteiger partial charge in [0, 0.05) is 24.2 Å². The maximum Gasteiger partial charge on any atom is 0.407 e. The van der Waals surface area contributed by atoms with Gasteiger partial charge >= 0.3 is 12.2 Å². The van der Waals surface area contributed by atoms with Gasteiger partial charge in [-0.15, -0.1) is 0 Å². The molecule has 24 heavy (non-hydrogen) atoms. The lowest BCUT2D eigenvalue weighted by molar-refractivity contribution is 0.0511.